The first kappa shape index (κ1) is 21.6. The lowest BCUT2D eigenvalue weighted by Crippen LogP contribution is -2.48. The summed E-state index contributed by atoms with van der Waals surface area (Å²) in [4.78, 5) is 17.2. The first-order chi connectivity index (χ1) is 15.1. The monoisotopic (exact) mass is 435 g/mol. The molecule has 1 fully saturated rings. The second-order valence-electron chi connectivity index (χ2n) is 7.90. The number of para-hydroxylation sites is 1. The van der Waals surface area contributed by atoms with E-state index in [0.717, 1.165) is 50.0 Å². The Bertz CT molecular complexity index is 1030. The van der Waals surface area contributed by atoms with Crippen molar-refractivity contribution < 1.29 is 4.79 Å². The SMILES string of the molecule is CCc1ccccc1-n1cnnc1SCC(=O)N1CCN(Cc2cccc(C)c2)CC1. The fourth-order valence-electron chi connectivity index (χ4n) is 3.97. The van der Waals surface area contributed by atoms with Gasteiger partial charge in [0.05, 0.1) is 11.4 Å². The zero-order valence-corrected chi connectivity index (χ0v) is 19.0. The average Bonchev–Trinajstić information content (AvgIpc) is 3.26. The molecule has 3 aromatic rings. The summed E-state index contributed by atoms with van der Waals surface area (Å²) in [5.74, 6) is 0.545. The van der Waals surface area contributed by atoms with Crippen molar-refractivity contribution in [2.75, 3.05) is 31.9 Å². The van der Waals surface area contributed by atoms with Gasteiger partial charge in [-0.25, -0.2) is 0 Å². The number of benzene rings is 2. The Labute approximate surface area is 188 Å². The molecule has 0 N–H and O–H groups in total. The number of rotatable bonds is 7. The van der Waals surface area contributed by atoms with Crippen LogP contribution in [0.4, 0.5) is 0 Å². The van der Waals surface area contributed by atoms with Crippen LogP contribution in [0.25, 0.3) is 5.69 Å². The number of nitrogens with zero attached hydrogens (tertiary/aromatic N) is 5. The normalized spacial score (nSPS) is 14.7. The van der Waals surface area contributed by atoms with E-state index in [9.17, 15) is 4.79 Å². The highest BCUT2D eigenvalue weighted by Gasteiger charge is 2.22. The summed E-state index contributed by atoms with van der Waals surface area (Å²) in [5, 5.41) is 9.09. The predicted octanol–water partition coefficient (Wildman–Crippen LogP) is 3.57. The third kappa shape index (κ3) is 5.35. The van der Waals surface area contributed by atoms with Gasteiger partial charge in [0.15, 0.2) is 5.16 Å². The topological polar surface area (TPSA) is 54.3 Å². The zero-order chi connectivity index (χ0) is 21.6. The van der Waals surface area contributed by atoms with Crippen LogP contribution in [-0.4, -0.2) is 62.4 Å². The van der Waals surface area contributed by atoms with Gasteiger partial charge in [-0.2, -0.15) is 0 Å². The van der Waals surface area contributed by atoms with Gasteiger partial charge in [0.2, 0.25) is 5.91 Å². The number of piperazine rings is 1. The lowest BCUT2D eigenvalue weighted by atomic mass is 10.1. The molecule has 0 radical (unpaired) electrons. The average molecular weight is 436 g/mol. The van der Waals surface area contributed by atoms with Gasteiger partial charge in [0.25, 0.3) is 0 Å². The molecule has 1 aliphatic heterocycles. The first-order valence-electron chi connectivity index (χ1n) is 10.8. The second-order valence-corrected chi connectivity index (χ2v) is 8.84. The van der Waals surface area contributed by atoms with Crippen molar-refractivity contribution in [2.24, 2.45) is 0 Å². The van der Waals surface area contributed by atoms with E-state index in [1.165, 1.54) is 28.5 Å². The van der Waals surface area contributed by atoms with Crippen LogP contribution in [0.1, 0.15) is 23.6 Å². The third-order valence-corrected chi connectivity index (χ3v) is 6.61. The Hall–Kier alpha value is -2.64. The molecule has 0 unspecified atom stereocenters. The molecule has 1 aliphatic rings. The number of hydrogen-bond acceptors (Lipinski definition) is 5. The Morgan fingerprint density at radius 1 is 1.06 bits per heavy atom. The summed E-state index contributed by atoms with van der Waals surface area (Å²) in [5.41, 5.74) is 4.94. The van der Waals surface area contributed by atoms with Crippen molar-refractivity contribution in [3.8, 4) is 5.69 Å². The number of carbonyl (C=O) groups excluding carboxylic acids is 1. The molecule has 31 heavy (non-hydrogen) atoms. The van der Waals surface area contributed by atoms with E-state index in [-0.39, 0.29) is 5.91 Å². The molecule has 2 aromatic carbocycles. The number of amides is 1. The minimum atomic E-state index is 0.165. The van der Waals surface area contributed by atoms with Crippen molar-refractivity contribution in [1.29, 1.82) is 0 Å². The Balaban J connectivity index is 1.30. The third-order valence-electron chi connectivity index (χ3n) is 5.69. The molecule has 7 heteroatoms. The molecule has 0 spiro atoms. The van der Waals surface area contributed by atoms with Crippen LogP contribution in [-0.2, 0) is 17.8 Å². The summed E-state index contributed by atoms with van der Waals surface area (Å²) in [7, 11) is 0. The molecule has 2 heterocycles. The van der Waals surface area contributed by atoms with Crippen molar-refractivity contribution >= 4 is 17.7 Å². The van der Waals surface area contributed by atoms with Gasteiger partial charge in [-0.05, 0) is 30.5 Å². The molecular weight excluding hydrogens is 406 g/mol. The van der Waals surface area contributed by atoms with Crippen molar-refractivity contribution in [2.45, 2.75) is 32.0 Å². The molecule has 4 rings (SSSR count). The quantitative estimate of drug-likeness (QED) is 0.531. The lowest BCUT2D eigenvalue weighted by Gasteiger charge is -2.34. The number of carbonyl (C=O) groups is 1. The van der Waals surface area contributed by atoms with Crippen molar-refractivity contribution in [1.82, 2.24) is 24.6 Å². The van der Waals surface area contributed by atoms with Crippen LogP contribution in [0, 0.1) is 6.92 Å². The molecule has 1 aromatic heterocycles. The van der Waals surface area contributed by atoms with Crippen LogP contribution in [0.5, 0.6) is 0 Å². The van der Waals surface area contributed by atoms with E-state index in [2.05, 4.69) is 65.3 Å². The van der Waals surface area contributed by atoms with Crippen LogP contribution in [0.2, 0.25) is 0 Å². The van der Waals surface area contributed by atoms with Crippen molar-refractivity contribution in [3.05, 3.63) is 71.5 Å². The number of hydrogen-bond donors (Lipinski definition) is 0. The summed E-state index contributed by atoms with van der Waals surface area (Å²) < 4.78 is 1.98. The number of aromatic nitrogens is 3. The Morgan fingerprint density at radius 2 is 1.87 bits per heavy atom. The maximum atomic E-state index is 12.8. The first-order valence-corrected chi connectivity index (χ1v) is 11.8. The summed E-state index contributed by atoms with van der Waals surface area (Å²) in [6, 6.07) is 16.9. The molecular formula is C24H29N5OS. The van der Waals surface area contributed by atoms with E-state index in [4.69, 9.17) is 0 Å². The van der Waals surface area contributed by atoms with Crippen LogP contribution < -0.4 is 0 Å². The van der Waals surface area contributed by atoms with Crippen LogP contribution >= 0.6 is 11.8 Å². The summed E-state index contributed by atoms with van der Waals surface area (Å²) in [6.45, 7) is 8.57. The zero-order valence-electron chi connectivity index (χ0n) is 18.2. The highest BCUT2D eigenvalue weighted by molar-refractivity contribution is 7.99. The van der Waals surface area contributed by atoms with Gasteiger partial charge in [-0.1, -0.05) is 66.7 Å². The second kappa shape index (κ2) is 10.1. The summed E-state index contributed by atoms with van der Waals surface area (Å²) >= 11 is 1.46. The number of thioether (sulfide) groups is 1. The minimum absolute atomic E-state index is 0.165. The van der Waals surface area contributed by atoms with E-state index in [1.54, 1.807) is 6.33 Å². The standard InChI is InChI=1S/C24H29N5OS/c1-3-21-9-4-5-10-22(21)29-18-25-26-24(29)31-17-23(30)28-13-11-27(12-14-28)16-20-8-6-7-19(2)15-20/h4-10,15,18H,3,11-14,16-17H2,1-2H3. The van der Waals surface area contributed by atoms with Crippen LogP contribution in [0.3, 0.4) is 0 Å². The molecule has 0 atom stereocenters. The predicted molar refractivity (Wildman–Crippen MR) is 124 cm³/mol. The van der Waals surface area contributed by atoms with Gasteiger partial charge < -0.3 is 4.90 Å². The van der Waals surface area contributed by atoms with E-state index in [0.29, 0.717) is 5.75 Å². The molecule has 0 aliphatic carbocycles. The lowest BCUT2D eigenvalue weighted by molar-refractivity contribution is -0.130. The van der Waals surface area contributed by atoms with Gasteiger partial charge in [0.1, 0.15) is 6.33 Å². The minimum Gasteiger partial charge on any atom is -0.339 e. The Kier molecular flexibility index (Phi) is 7.04. The van der Waals surface area contributed by atoms with Gasteiger partial charge >= 0.3 is 0 Å². The highest BCUT2D eigenvalue weighted by Crippen LogP contribution is 2.23. The van der Waals surface area contributed by atoms with Crippen molar-refractivity contribution in [3.63, 3.8) is 0 Å². The molecule has 0 bridgehead atoms. The van der Waals surface area contributed by atoms with Gasteiger partial charge in [-0.15, -0.1) is 10.2 Å². The number of aryl methyl sites for hydroxylation is 2. The van der Waals surface area contributed by atoms with Crippen LogP contribution in [0.15, 0.2) is 60.0 Å². The Morgan fingerprint density at radius 3 is 2.65 bits per heavy atom. The van der Waals surface area contributed by atoms with Gasteiger partial charge in [-0.3, -0.25) is 14.3 Å². The van der Waals surface area contributed by atoms with E-state index >= 15 is 0 Å². The maximum Gasteiger partial charge on any atom is 0.233 e. The molecule has 0 saturated carbocycles. The van der Waals surface area contributed by atoms with Gasteiger partial charge in [0, 0.05) is 32.7 Å². The fraction of sp³-hybridized carbons (Fsp3) is 0.375. The molecule has 6 nitrogen and oxygen atoms in total. The van der Waals surface area contributed by atoms with E-state index < -0.39 is 0 Å². The van der Waals surface area contributed by atoms with E-state index in [1.807, 2.05) is 21.6 Å². The largest absolute Gasteiger partial charge is 0.339 e. The summed E-state index contributed by atoms with van der Waals surface area (Å²) in [6.07, 6.45) is 2.66. The maximum absolute atomic E-state index is 12.8. The molecule has 1 saturated heterocycles. The smallest absolute Gasteiger partial charge is 0.233 e. The molecule has 162 valence electrons. The molecule has 1 amide bonds. The fourth-order valence-corrected chi connectivity index (χ4v) is 4.80. The highest BCUT2D eigenvalue weighted by atomic mass is 32.2.